The lowest BCUT2D eigenvalue weighted by Gasteiger charge is -2.13. The molecule has 0 fully saturated rings. The quantitative estimate of drug-likeness (QED) is 0.431. The number of pyridine rings is 1. The first kappa shape index (κ1) is 14.1. The van der Waals surface area contributed by atoms with E-state index in [1.165, 1.54) is 6.07 Å². The molecule has 0 saturated carbocycles. The van der Waals surface area contributed by atoms with E-state index in [9.17, 15) is 4.79 Å². The maximum absolute atomic E-state index is 11.9. The number of carbonyl (C=O) groups excluding carboxylic acids is 1. The van der Waals surface area contributed by atoms with Crippen LogP contribution in [-0.2, 0) is 0 Å². The Balaban J connectivity index is 2.78. The van der Waals surface area contributed by atoms with E-state index >= 15 is 0 Å². The molecule has 94 valence electrons. The lowest BCUT2D eigenvalue weighted by atomic mass is 10.2. The highest BCUT2D eigenvalue weighted by atomic mass is 35.5. The van der Waals surface area contributed by atoms with Gasteiger partial charge in [0.25, 0.3) is 5.91 Å². The second-order valence-corrected chi connectivity index (χ2v) is 4.84. The van der Waals surface area contributed by atoms with Gasteiger partial charge < -0.3 is 10.7 Å². The summed E-state index contributed by atoms with van der Waals surface area (Å²) in [4.78, 5) is 15.8. The van der Waals surface area contributed by atoms with E-state index in [1.54, 1.807) is 17.8 Å². The maximum Gasteiger partial charge on any atom is 0.251 e. The van der Waals surface area contributed by atoms with Crippen LogP contribution in [0.5, 0.6) is 0 Å². The third kappa shape index (κ3) is 4.41. The zero-order valence-corrected chi connectivity index (χ0v) is 11.2. The summed E-state index contributed by atoms with van der Waals surface area (Å²) in [7, 11) is 0. The number of nitrogens with two attached hydrogens (primary N) is 1. The number of rotatable bonds is 5. The van der Waals surface area contributed by atoms with Gasteiger partial charge in [0.1, 0.15) is 11.0 Å². The molecule has 1 heterocycles. The summed E-state index contributed by atoms with van der Waals surface area (Å²) in [5.74, 6) is 6.26. The molecular formula is C10H15ClN4OS. The first-order chi connectivity index (χ1) is 8.06. The van der Waals surface area contributed by atoms with Crippen LogP contribution in [0.4, 0.5) is 5.82 Å². The van der Waals surface area contributed by atoms with E-state index in [0.717, 1.165) is 5.75 Å². The Morgan fingerprint density at radius 2 is 2.35 bits per heavy atom. The number of thioether (sulfide) groups is 1. The Kier molecular flexibility index (Phi) is 5.54. The lowest BCUT2D eigenvalue weighted by molar-refractivity contribution is 0.0943. The molecule has 0 aromatic carbocycles. The maximum atomic E-state index is 11.9. The number of nitrogens with one attached hydrogen (secondary N) is 2. The monoisotopic (exact) mass is 274 g/mol. The van der Waals surface area contributed by atoms with Crippen LogP contribution in [0.2, 0.25) is 5.15 Å². The second-order valence-electron chi connectivity index (χ2n) is 3.54. The van der Waals surface area contributed by atoms with E-state index in [1.807, 2.05) is 13.2 Å². The first-order valence-corrected chi connectivity index (χ1v) is 6.78. The summed E-state index contributed by atoms with van der Waals surface area (Å²) in [6.45, 7) is 1.94. The Morgan fingerprint density at radius 3 is 2.94 bits per heavy atom. The van der Waals surface area contributed by atoms with Gasteiger partial charge in [0.15, 0.2) is 0 Å². The topological polar surface area (TPSA) is 80.0 Å². The molecule has 0 bridgehead atoms. The minimum atomic E-state index is -0.188. The molecule has 1 aromatic heterocycles. The predicted octanol–water partition coefficient (Wildman–Crippen LogP) is 1.50. The summed E-state index contributed by atoms with van der Waals surface area (Å²) in [6, 6.07) is 3.15. The van der Waals surface area contributed by atoms with E-state index in [-0.39, 0.29) is 17.1 Å². The van der Waals surface area contributed by atoms with Gasteiger partial charge in [-0.25, -0.2) is 10.8 Å². The summed E-state index contributed by atoms with van der Waals surface area (Å²) < 4.78 is 0. The number of hydrogen-bond donors (Lipinski definition) is 3. The summed E-state index contributed by atoms with van der Waals surface area (Å²) >= 11 is 7.45. The van der Waals surface area contributed by atoms with Gasteiger partial charge in [-0.3, -0.25) is 4.79 Å². The van der Waals surface area contributed by atoms with Crippen molar-refractivity contribution in [3.63, 3.8) is 0 Å². The highest BCUT2D eigenvalue weighted by Crippen LogP contribution is 2.14. The zero-order valence-electron chi connectivity index (χ0n) is 9.66. The number of aromatic nitrogens is 1. The summed E-state index contributed by atoms with van der Waals surface area (Å²) in [5, 5.41) is 3.09. The van der Waals surface area contributed by atoms with E-state index in [0.29, 0.717) is 11.4 Å². The van der Waals surface area contributed by atoms with E-state index < -0.39 is 0 Å². The van der Waals surface area contributed by atoms with E-state index in [4.69, 9.17) is 17.4 Å². The molecule has 1 atom stereocenters. The average molecular weight is 275 g/mol. The van der Waals surface area contributed by atoms with Crippen molar-refractivity contribution in [1.82, 2.24) is 10.3 Å². The van der Waals surface area contributed by atoms with Crippen molar-refractivity contribution in [1.29, 1.82) is 0 Å². The van der Waals surface area contributed by atoms with Crippen LogP contribution < -0.4 is 16.6 Å². The smallest absolute Gasteiger partial charge is 0.251 e. The van der Waals surface area contributed by atoms with Gasteiger partial charge in [-0.05, 0) is 25.3 Å². The molecule has 1 aromatic rings. The number of carbonyl (C=O) groups is 1. The molecule has 1 amide bonds. The SMILES string of the molecule is CSCC(C)NC(=O)c1cc(Cl)nc(NN)c1. The highest BCUT2D eigenvalue weighted by molar-refractivity contribution is 7.98. The van der Waals surface area contributed by atoms with E-state index in [2.05, 4.69) is 15.7 Å². The third-order valence-electron chi connectivity index (χ3n) is 2.00. The minimum Gasteiger partial charge on any atom is -0.349 e. The Bertz CT molecular complexity index is 402. The van der Waals surface area contributed by atoms with Crippen molar-refractivity contribution in [2.75, 3.05) is 17.4 Å². The molecule has 0 aliphatic rings. The molecule has 0 aliphatic carbocycles. The third-order valence-corrected chi connectivity index (χ3v) is 3.03. The normalized spacial score (nSPS) is 12.0. The number of hydrazine groups is 1. The Morgan fingerprint density at radius 1 is 1.65 bits per heavy atom. The molecule has 0 aliphatic heterocycles. The van der Waals surface area contributed by atoms with Crippen LogP contribution in [-0.4, -0.2) is 28.9 Å². The van der Waals surface area contributed by atoms with Gasteiger partial charge in [-0.15, -0.1) is 0 Å². The fraction of sp³-hybridized carbons (Fsp3) is 0.400. The van der Waals surface area contributed by atoms with Crippen LogP contribution in [0, 0.1) is 0 Å². The van der Waals surface area contributed by atoms with Crippen molar-refractivity contribution >= 4 is 35.1 Å². The minimum absolute atomic E-state index is 0.0960. The zero-order chi connectivity index (χ0) is 12.8. The highest BCUT2D eigenvalue weighted by Gasteiger charge is 2.11. The second kappa shape index (κ2) is 6.68. The number of halogens is 1. The number of nitrogens with zero attached hydrogens (tertiary/aromatic N) is 1. The van der Waals surface area contributed by atoms with Gasteiger partial charge in [0, 0.05) is 17.4 Å². The molecular weight excluding hydrogens is 260 g/mol. The van der Waals surface area contributed by atoms with Crippen molar-refractivity contribution < 1.29 is 4.79 Å². The Hall–Kier alpha value is -0.980. The summed E-state index contributed by atoms with van der Waals surface area (Å²) in [6.07, 6.45) is 1.99. The fourth-order valence-corrected chi connectivity index (χ4v) is 2.09. The van der Waals surface area contributed by atoms with Crippen LogP contribution in [0.1, 0.15) is 17.3 Å². The van der Waals surface area contributed by atoms with Crippen molar-refractivity contribution in [3.05, 3.63) is 22.8 Å². The fourth-order valence-electron chi connectivity index (χ4n) is 1.30. The molecule has 0 radical (unpaired) electrons. The summed E-state index contributed by atoms with van der Waals surface area (Å²) in [5.41, 5.74) is 2.80. The van der Waals surface area contributed by atoms with Crippen molar-refractivity contribution in [3.8, 4) is 0 Å². The van der Waals surface area contributed by atoms with Gasteiger partial charge in [-0.2, -0.15) is 11.8 Å². The van der Waals surface area contributed by atoms with Crippen molar-refractivity contribution in [2.24, 2.45) is 5.84 Å². The first-order valence-electron chi connectivity index (χ1n) is 5.00. The van der Waals surface area contributed by atoms with Gasteiger partial charge >= 0.3 is 0 Å². The molecule has 0 spiro atoms. The molecule has 0 saturated heterocycles. The van der Waals surface area contributed by atoms with Gasteiger partial charge in [-0.1, -0.05) is 11.6 Å². The predicted molar refractivity (Wildman–Crippen MR) is 72.4 cm³/mol. The average Bonchev–Trinajstić information content (AvgIpc) is 2.28. The standard InChI is InChI=1S/C10H15ClN4OS/c1-6(5-17-2)13-10(16)7-3-8(11)14-9(4-7)15-12/h3-4,6H,5,12H2,1-2H3,(H,13,16)(H,14,15). The molecule has 5 nitrogen and oxygen atoms in total. The van der Waals surface area contributed by atoms with Crippen LogP contribution in [0.15, 0.2) is 12.1 Å². The van der Waals surface area contributed by atoms with Crippen LogP contribution >= 0.6 is 23.4 Å². The molecule has 1 rings (SSSR count). The molecule has 17 heavy (non-hydrogen) atoms. The lowest BCUT2D eigenvalue weighted by Crippen LogP contribution is -2.34. The van der Waals surface area contributed by atoms with Crippen molar-refractivity contribution in [2.45, 2.75) is 13.0 Å². The number of nitrogen functional groups attached to an aromatic ring is 1. The number of hydrogen-bond acceptors (Lipinski definition) is 5. The molecule has 7 heteroatoms. The largest absolute Gasteiger partial charge is 0.349 e. The number of amides is 1. The van der Waals surface area contributed by atoms with Gasteiger partial charge in [0.05, 0.1) is 0 Å². The van der Waals surface area contributed by atoms with Crippen LogP contribution in [0.3, 0.4) is 0 Å². The van der Waals surface area contributed by atoms with Crippen LogP contribution in [0.25, 0.3) is 0 Å². The molecule has 1 unspecified atom stereocenters. The van der Waals surface area contributed by atoms with Gasteiger partial charge in [0.2, 0.25) is 0 Å². The number of anilines is 1. The molecule has 4 N–H and O–H groups in total. The Labute approximate surface area is 109 Å².